The van der Waals surface area contributed by atoms with Gasteiger partial charge in [0.25, 0.3) is 5.91 Å². The van der Waals surface area contributed by atoms with E-state index in [4.69, 9.17) is 27.9 Å². The zero-order valence-electron chi connectivity index (χ0n) is 19.2. The summed E-state index contributed by atoms with van der Waals surface area (Å²) in [6.07, 6.45) is 0. The number of hydrogen-bond donors (Lipinski definition) is 0. The van der Waals surface area contributed by atoms with Gasteiger partial charge in [-0.05, 0) is 53.9 Å². The van der Waals surface area contributed by atoms with Gasteiger partial charge < -0.3 is 9.64 Å². The molecule has 1 aliphatic rings. The average molecular weight is 572 g/mol. The maximum Gasteiger partial charge on any atom is 0.264 e. The second kappa shape index (κ2) is 10.3. The molecule has 0 radical (unpaired) electrons. The number of hydrogen-bond acceptors (Lipinski definition) is 6. The Kier molecular flexibility index (Phi) is 7.12. The standard InChI is InChI=1S/C26H19Cl2N3O4S2/c27-19-13-20(28)15-21(14-19)35-22-6-5-17(16-29)11-25(22)37(33,34)31-9-7-30(8-10-31)26(32)24-12-18-3-1-2-4-23(18)36-24/h1-6,11-15H,7-10H2. The summed E-state index contributed by atoms with van der Waals surface area (Å²) >= 11 is 13.5. The van der Waals surface area contributed by atoms with Crippen LogP contribution in [0.15, 0.2) is 71.6 Å². The second-order valence-electron chi connectivity index (χ2n) is 8.33. The number of halogens is 2. The van der Waals surface area contributed by atoms with Crippen molar-refractivity contribution in [2.45, 2.75) is 4.90 Å². The molecule has 2 heterocycles. The van der Waals surface area contributed by atoms with Crippen molar-refractivity contribution < 1.29 is 17.9 Å². The number of amides is 1. The molecule has 0 aliphatic carbocycles. The van der Waals surface area contributed by atoms with Gasteiger partial charge >= 0.3 is 0 Å². The van der Waals surface area contributed by atoms with E-state index in [2.05, 4.69) is 0 Å². The fraction of sp³-hybridized carbons (Fsp3) is 0.154. The van der Waals surface area contributed by atoms with Crippen molar-refractivity contribution in [2.24, 2.45) is 0 Å². The minimum atomic E-state index is -4.04. The van der Waals surface area contributed by atoms with E-state index in [1.807, 2.05) is 36.4 Å². The second-order valence-corrected chi connectivity index (χ2v) is 12.2. The third-order valence-electron chi connectivity index (χ3n) is 5.92. The van der Waals surface area contributed by atoms with Crippen molar-refractivity contribution in [1.82, 2.24) is 9.21 Å². The van der Waals surface area contributed by atoms with Crippen molar-refractivity contribution in [3.05, 3.63) is 87.2 Å². The Labute approximate surface area is 228 Å². The number of sulfonamides is 1. The van der Waals surface area contributed by atoms with Crippen LogP contribution in [0.1, 0.15) is 15.2 Å². The first-order valence-corrected chi connectivity index (χ1v) is 14.2. The Hall–Kier alpha value is -3.13. The number of nitriles is 1. The average Bonchev–Trinajstić information content (AvgIpc) is 3.32. The van der Waals surface area contributed by atoms with E-state index in [9.17, 15) is 18.5 Å². The van der Waals surface area contributed by atoms with Gasteiger partial charge in [0, 0.05) is 40.9 Å². The Bertz CT molecular complexity index is 1600. The molecule has 0 N–H and O–H groups in total. The zero-order chi connectivity index (χ0) is 26.2. The lowest BCUT2D eigenvalue weighted by Gasteiger charge is -2.34. The highest BCUT2D eigenvalue weighted by atomic mass is 35.5. The summed E-state index contributed by atoms with van der Waals surface area (Å²) in [4.78, 5) is 15.2. The molecule has 0 bridgehead atoms. The Morgan fingerprint density at radius 2 is 1.65 bits per heavy atom. The highest BCUT2D eigenvalue weighted by Gasteiger charge is 2.33. The summed E-state index contributed by atoms with van der Waals surface area (Å²) in [5.74, 6) is 0.185. The summed E-state index contributed by atoms with van der Waals surface area (Å²) in [7, 11) is -4.04. The molecule has 1 saturated heterocycles. The maximum absolute atomic E-state index is 13.6. The summed E-state index contributed by atoms with van der Waals surface area (Å²) in [5.41, 5.74) is 0.175. The summed E-state index contributed by atoms with van der Waals surface area (Å²) < 4.78 is 35.5. The van der Waals surface area contributed by atoms with Gasteiger partial charge in [0.05, 0.1) is 16.5 Å². The number of piperazine rings is 1. The molecule has 4 aromatic rings. The van der Waals surface area contributed by atoms with Crippen LogP contribution in [0.2, 0.25) is 10.0 Å². The summed E-state index contributed by atoms with van der Waals surface area (Å²) in [6.45, 7) is 0.699. The van der Waals surface area contributed by atoms with E-state index in [1.54, 1.807) is 4.90 Å². The Morgan fingerprint density at radius 1 is 0.946 bits per heavy atom. The third-order valence-corrected chi connectivity index (χ3v) is 9.38. The first kappa shape index (κ1) is 25.5. The maximum atomic E-state index is 13.6. The van der Waals surface area contributed by atoms with E-state index in [1.165, 1.54) is 52.0 Å². The van der Waals surface area contributed by atoms with Crippen LogP contribution in [0.4, 0.5) is 0 Å². The van der Waals surface area contributed by atoms with Crippen LogP contribution in [-0.4, -0.2) is 49.7 Å². The minimum Gasteiger partial charge on any atom is -0.456 e. The molecular weight excluding hydrogens is 553 g/mol. The molecule has 3 aromatic carbocycles. The normalized spacial score (nSPS) is 14.5. The van der Waals surface area contributed by atoms with Gasteiger partial charge in [-0.3, -0.25) is 4.79 Å². The van der Waals surface area contributed by atoms with Crippen LogP contribution in [-0.2, 0) is 10.0 Å². The summed E-state index contributed by atoms with van der Waals surface area (Å²) in [5, 5.41) is 11.0. The molecule has 7 nitrogen and oxygen atoms in total. The third kappa shape index (κ3) is 5.30. The Balaban J connectivity index is 1.37. The van der Waals surface area contributed by atoms with Crippen molar-refractivity contribution in [2.75, 3.05) is 26.2 Å². The molecule has 11 heteroatoms. The highest BCUT2D eigenvalue weighted by molar-refractivity contribution is 7.89. The molecule has 1 fully saturated rings. The smallest absolute Gasteiger partial charge is 0.264 e. The van der Waals surface area contributed by atoms with Gasteiger partial charge in [-0.2, -0.15) is 9.57 Å². The number of carbonyl (C=O) groups is 1. The van der Waals surface area contributed by atoms with Gasteiger partial charge in [0.15, 0.2) is 0 Å². The lowest BCUT2D eigenvalue weighted by Crippen LogP contribution is -2.50. The summed E-state index contributed by atoms with van der Waals surface area (Å²) in [6, 6.07) is 20.4. The van der Waals surface area contributed by atoms with E-state index in [-0.39, 0.29) is 54.0 Å². The van der Waals surface area contributed by atoms with Crippen LogP contribution < -0.4 is 4.74 Å². The number of nitrogens with zero attached hydrogens (tertiary/aromatic N) is 3. The van der Waals surface area contributed by atoms with Gasteiger partial charge in [-0.1, -0.05) is 41.4 Å². The molecule has 1 amide bonds. The molecule has 0 unspecified atom stereocenters. The fourth-order valence-electron chi connectivity index (χ4n) is 4.09. The number of thiophene rings is 1. The molecular formula is C26H19Cl2N3O4S2. The van der Waals surface area contributed by atoms with Crippen LogP contribution in [0.25, 0.3) is 10.1 Å². The predicted octanol–water partition coefficient (Wildman–Crippen LogP) is 6.02. The number of carbonyl (C=O) groups excluding carboxylic acids is 1. The van der Waals surface area contributed by atoms with Crippen molar-refractivity contribution in [3.8, 4) is 17.6 Å². The number of fused-ring (bicyclic) bond motifs is 1. The highest BCUT2D eigenvalue weighted by Crippen LogP contribution is 2.35. The minimum absolute atomic E-state index is 0.0427. The molecule has 1 aliphatic heterocycles. The van der Waals surface area contributed by atoms with Gasteiger partial charge in [0.2, 0.25) is 10.0 Å². The largest absolute Gasteiger partial charge is 0.456 e. The molecule has 37 heavy (non-hydrogen) atoms. The van der Waals surface area contributed by atoms with Crippen LogP contribution in [0.3, 0.4) is 0 Å². The molecule has 0 atom stereocenters. The van der Waals surface area contributed by atoms with E-state index >= 15 is 0 Å². The van der Waals surface area contributed by atoms with Crippen LogP contribution in [0.5, 0.6) is 11.5 Å². The van der Waals surface area contributed by atoms with E-state index in [0.717, 1.165) is 10.1 Å². The van der Waals surface area contributed by atoms with Gasteiger partial charge in [-0.25, -0.2) is 8.42 Å². The number of ether oxygens (including phenoxy) is 1. The van der Waals surface area contributed by atoms with Crippen molar-refractivity contribution in [3.63, 3.8) is 0 Å². The quantitative estimate of drug-likeness (QED) is 0.292. The monoisotopic (exact) mass is 571 g/mol. The first-order chi connectivity index (χ1) is 17.7. The molecule has 1 aromatic heterocycles. The van der Waals surface area contributed by atoms with E-state index in [0.29, 0.717) is 14.9 Å². The number of benzene rings is 3. The first-order valence-electron chi connectivity index (χ1n) is 11.2. The molecule has 188 valence electrons. The molecule has 0 saturated carbocycles. The SMILES string of the molecule is N#Cc1ccc(Oc2cc(Cl)cc(Cl)c2)c(S(=O)(=O)N2CCN(C(=O)c3cc4ccccc4s3)CC2)c1. The van der Waals surface area contributed by atoms with Crippen molar-refractivity contribution in [1.29, 1.82) is 5.26 Å². The van der Waals surface area contributed by atoms with Gasteiger partial charge in [-0.15, -0.1) is 11.3 Å². The lowest BCUT2D eigenvalue weighted by molar-refractivity contribution is 0.0702. The number of rotatable bonds is 5. The molecule has 5 rings (SSSR count). The van der Waals surface area contributed by atoms with Crippen LogP contribution in [0, 0.1) is 11.3 Å². The van der Waals surface area contributed by atoms with E-state index < -0.39 is 10.0 Å². The van der Waals surface area contributed by atoms with Gasteiger partial charge in [0.1, 0.15) is 16.4 Å². The van der Waals surface area contributed by atoms with Crippen molar-refractivity contribution >= 4 is 60.6 Å². The lowest BCUT2D eigenvalue weighted by atomic mass is 10.2. The molecule has 0 spiro atoms. The fourth-order valence-corrected chi connectivity index (χ4v) is 7.19. The zero-order valence-corrected chi connectivity index (χ0v) is 22.4. The predicted molar refractivity (Wildman–Crippen MR) is 144 cm³/mol. The Morgan fingerprint density at radius 3 is 2.32 bits per heavy atom. The topological polar surface area (TPSA) is 90.7 Å². The van der Waals surface area contributed by atoms with Crippen LogP contribution >= 0.6 is 34.5 Å².